The van der Waals surface area contributed by atoms with Gasteiger partial charge in [-0.25, -0.2) is 0 Å². The number of hydrogen-bond donors (Lipinski definition) is 0. The third-order valence-corrected chi connectivity index (χ3v) is 4.99. The van der Waals surface area contributed by atoms with Crippen LogP contribution in [-0.2, 0) is 9.53 Å². The van der Waals surface area contributed by atoms with Crippen LogP contribution in [0.25, 0.3) is 5.69 Å². The van der Waals surface area contributed by atoms with Crippen molar-refractivity contribution in [3.8, 4) is 5.69 Å². The first-order valence-corrected chi connectivity index (χ1v) is 8.68. The quantitative estimate of drug-likeness (QED) is 0.867. The van der Waals surface area contributed by atoms with E-state index >= 15 is 0 Å². The minimum absolute atomic E-state index is 0.162. The Morgan fingerprint density at radius 2 is 1.92 bits per heavy atom. The second kappa shape index (κ2) is 6.73. The van der Waals surface area contributed by atoms with E-state index in [0.29, 0.717) is 12.5 Å². The molecule has 24 heavy (non-hydrogen) atoms. The summed E-state index contributed by atoms with van der Waals surface area (Å²) in [5, 5.41) is 8.45. The lowest BCUT2D eigenvalue weighted by atomic mass is 9.95. The summed E-state index contributed by atoms with van der Waals surface area (Å²) in [4.78, 5) is 14.4. The zero-order valence-corrected chi connectivity index (χ0v) is 13.7. The summed E-state index contributed by atoms with van der Waals surface area (Å²) in [6.07, 6.45) is 5.26. The number of hydrogen-bond acceptors (Lipinski definition) is 4. The number of amides is 1. The number of ether oxygens (including phenoxy) is 1. The molecule has 6 heteroatoms. The van der Waals surface area contributed by atoms with Crippen LogP contribution in [0, 0.1) is 0 Å². The van der Waals surface area contributed by atoms with Crippen molar-refractivity contribution in [3.05, 3.63) is 42.5 Å². The molecule has 1 aromatic carbocycles. The molecule has 0 unspecified atom stereocenters. The maximum atomic E-state index is 12.4. The fourth-order valence-electron chi connectivity index (χ4n) is 3.64. The summed E-state index contributed by atoms with van der Waals surface area (Å²) in [5.74, 6) is 1.49. The number of benzene rings is 1. The summed E-state index contributed by atoms with van der Waals surface area (Å²) in [7, 11) is 0. The first kappa shape index (κ1) is 15.3. The first-order chi connectivity index (χ1) is 11.8. The number of aromatic nitrogens is 3. The number of para-hydroxylation sites is 1. The highest BCUT2D eigenvalue weighted by molar-refractivity contribution is 5.81. The summed E-state index contributed by atoms with van der Waals surface area (Å²) >= 11 is 0. The molecule has 126 valence electrons. The fourth-order valence-corrected chi connectivity index (χ4v) is 3.64. The predicted molar refractivity (Wildman–Crippen MR) is 88.9 cm³/mol. The van der Waals surface area contributed by atoms with E-state index < -0.39 is 0 Å². The zero-order valence-electron chi connectivity index (χ0n) is 13.7. The summed E-state index contributed by atoms with van der Waals surface area (Å²) in [5.41, 5.74) is 1.08. The van der Waals surface area contributed by atoms with Crippen LogP contribution in [0.2, 0.25) is 0 Å². The third kappa shape index (κ3) is 2.94. The lowest BCUT2D eigenvalue weighted by Crippen LogP contribution is -2.43. The summed E-state index contributed by atoms with van der Waals surface area (Å²) in [6.45, 7) is 2.25. The van der Waals surface area contributed by atoms with Gasteiger partial charge in [0.15, 0.2) is 0 Å². The highest BCUT2D eigenvalue weighted by Crippen LogP contribution is 2.29. The maximum absolute atomic E-state index is 12.4. The predicted octanol–water partition coefficient (Wildman–Crippen LogP) is 2.15. The Morgan fingerprint density at radius 3 is 2.62 bits per heavy atom. The van der Waals surface area contributed by atoms with E-state index in [1.54, 1.807) is 6.33 Å². The molecule has 2 aliphatic rings. The molecule has 2 aliphatic heterocycles. The SMILES string of the molecule is O=C([C@@H]1CCCO1)N1CCC(c2nncn2-c2ccccc2)CC1. The van der Waals surface area contributed by atoms with Crippen LogP contribution >= 0.6 is 0 Å². The number of rotatable bonds is 3. The van der Waals surface area contributed by atoms with Gasteiger partial charge < -0.3 is 9.64 Å². The van der Waals surface area contributed by atoms with Crippen LogP contribution in [0.4, 0.5) is 0 Å². The topological polar surface area (TPSA) is 60.2 Å². The van der Waals surface area contributed by atoms with Gasteiger partial charge in [-0.05, 0) is 37.8 Å². The van der Waals surface area contributed by atoms with Gasteiger partial charge in [0.05, 0.1) is 0 Å². The number of nitrogens with zero attached hydrogens (tertiary/aromatic N) is 4. The van der Waals surface area contributed by atoms with Crippen LogP contribution in [0.3, 0.4) is 0 Å². The van der Waals surface area contributed by atoms with Crippen LogP contribution in [0.1, 0.15) is 37.4 Å². The van der Waals surface area contributed by atoms with Crippen molar-refractivity contribution < 1.29 is 9.53 Å². The molecule has 0 radical (unpaired) electrons. The largest absolute Gasteiger partial charge is 0.368 e. The molecule has 0 bridgehead atoms. The Hall–Kier alpha value is -2.21. The Bertz CT molecular complexity index is 686. The van der Waals surface area contributed by atoms with Crippen molar-refractivity contribution in [1.29, 1.82) is 0 Å². The van der Waals surface area contributed by atoms with Crippen LogP contribution in [-0.4, -0.2) is 51.4 Å². The minimum atomic E-state index is -0.213. The van der Waals surface area contributed by atoms with E-state index in [1.807, 2.05) is 23.1 Å². The molecule has 1 amide bonds. The Balaban J connectivity index is 1.43. The van der Waals surface area contributed by atoms with Gasteiger partial charge in [0.25, 0.3) is 5.91 Å². The molecule has 0 N–H and O–H groups in total. The molecule has 2 aromatic rings. The standard InChI is InChI=1S/C18H22N4O2/c23-18(16-7-4-12-24-16)21-10-8-14(9-11-21)17-20-19-13-22(17)15-5-2-1-3-6-15/h1-3,5-6,13-14,16H,4,7-12H2/t16-/m0/s1. The smallest absolute Gasteiger partial charge is 0.251 e. The van der Waals surface area contributed by atoms with E-state index in [0.717, 1.165) is 50.3 Å². The Morgan fingerprint density at radius 1 is 1.12 bits per heavy atom. The van der Waals surface area contributed by atoms with Gasteiger partial charge in [-0.15, -0.1) is 10.2 Å². The highest BCUT2D eigenvalue weighted by atomic mass is 16.5. The van der Waals surface area contributed by atoms with Crippen molar-refractivity contribution in [1.82, 2.24) is 19.7 Å². The number of carbonyl (C=O) groups is 1. The average molecular weight is 326 g/mol. The zero-order chi connectivity index (χ0) is 16.4. The Labute approximate surface area is 141 Å². The van der Waals surface area contributed by atoms with Gasteiger partial charge in [0, 0.05) is 31.3 Å². The van der Waals surface area contributed by atoms with Crippen LogP contribution < -0.4 is 0 Å². The molecule has 0 aliphatic carbocycles. The molecular weight excluding hydrogens is 304 g/mol. The van der Waals surface area contributed by atoms with Gasteiger partial charge in [0.2, 0.25) is 0 Å². The summed E-state index contributed by atoms with van der Waals surface area (Å²) < 4.78 is 7.58. The molecule has 0 spiro atoms. The molecular formula is C18H22N4O2. The second-order valence-electron chi connectivity index (χ2n) is 6.50. The van der Waals surface area contributed by atoms with E-state index in [1.165, 1.54) is 0 Å². The van der Waals surface area contributed by atoms with Gasteiger partial charge in [0.1, 0.15) is 18.3 Å². The number of likely N-dealkylation sites (tertiary alicyclic amines) is 1. The van der Waals surface area contributed by atoms with Crippen molar-refractivity contribution >= 4 is 5.91 Å². The molecule has 6 nitrogen and oxygen atoms in total. The van der Waals surface area contributed by atoms with Crippen LogP contribution in [0.5, 0.6) is 0 Å². The van der Waals surface area contributed by atoms with Crippen molar-refractivity contribution in [2.45, 2.75) is 37.7 Å². The minimum Gasteiger partial charge on any atom is -0.368 e. The van der Waals surface area contributed by atoms with Gasteiger partial charge >= 0.3 is 0 Å². The molecule has 1 atom stereocenters. The van der Waals surface area contributed by atoms with Gasteiger partial charge in [-0.1, -0.05) is 18.2 Å². The highest BCUT2D eigenvalue weighted by Gasteiger charge is 2.32. The lowest BCUT2D eigenvalue weighted by molar-refractivity contribution is -0.142. The normalized spacial score (nSPS) is 22.0. The maximum Gasteiger partial charge on any atom is 0.251 e. The molecule has 1 aromatic heterocycles. The average Bonchev–Trinajstić information content (AvgIpc) is 3.34. The van der Waals surface area contributed by atoms with E-state index in [9.17, 15) is 4.79 Å². The van der Waals surface area contributed by atoms with Crippen molar-refractivity contribution in [3.63, 3.8) is 0 Å². The van der Waals surface area contributed by atoms with E-state index in [2.05, 4.69) is 26.9 Å². The molecule has 0 saturated carbocycles. The van der Waals surface area contributed by atoms with Crippen molar-refractivity contribution in [2.75, 3.05) is 19.7 Å². The second-order valence-corrected chi connectivity index (χ2v) is 6.50. The van der Waals surface area contributed by atoms with Crippen LogP contribution in [0.15, 0.2) is 36.7 Å². The fraction of sp³-hybridized carbons (Fsp3) is 0.500. The summed E-state index contributed by atoms with van der Waals surface area (Å²) in [6, 6.07) is 10.2. The number of piperidine rings is 1. The molecule has 3 heterocycles. The first-order valence-electron chi connectivity index (χ1n) is 8.68. The van der Waals surface area contributed by atoms with Gasteiger partial charge in [-0.3, -0.25) is 9.36 Å². The molecule has 2 fully saturated rings. The molecule has 4 rings (SSSR count). The van der Waals surface area contributed by atoms with E-state index in [-0.39, 0.29) is 12.0 Å². The molecule has 2 saturated heterocycles. The Kier molecular flexibility index (Phi) is 4.30. The van der Waals surface area contributed by atoms with E-state index in [4.69, 9.17) is 4.74 Å². The van der Waals surface area contributed by atoms with Crippen molar-refractivity contribution in [2.24, 2.45) is 0 Å². The number of carbonyl (C=O) groups excluding carboxylic acids is 1. The monoisotopic (exact) mass is 326 g/mol. The van der Waals surface area contributed by atoms with Gasteiger partial charge in [-0.2, -0.15) is 0 Å². The third-order valence-electron chi connectivity index (χ3n) is 4.99. The lowest BCUT2D eigenvalue weighted by Gasteiger charge is -2.33.